The number of morpholine rings is 1. The van der Waals surface area contributed by atoms with Gasteiger partial charge in [0.2, 0.25) is 0 Å². The molecule has 4 heteroatoms. The third-order valence-electron chi connectivity index (χ3n) is 3.57. The molecule has 1 aromatic rings. The zero-order valence-corrected chi connectivity index (χ0v) is 12.6. The fourth-order valence-corrected chi connectivity index (χ4v) is 3.34. The summed E-state index contributed by atoms with van der Waals surface area (Å²) in [4.78, 5) is 2.44. The highest BCUT2D eigenvalue weighted by Crippen LogP contribution is 2.34. The molecule has 2 atom stereocenters. The lowest BCUT2D eigenvalue weighted by Crippen LogP contribution is -2.48. The summed E-state index contributed by atoms with van der Waals surface area (Å²) in [5.74, 6) is 0. The van der Waals surface area contributed by atoms with Crippen LogP contribution in [0, 0.1) is 6.92 Å². The summed E-state index contributed by atoms with van der Waals surface area (Å²) < 4.78 is 6.97. The molecule has 0 spiro atoms. The van der Waals surface area contributed by atoms with E-state index in [1.54, 1.807) is 0 Å². The molecule has 1 heterocycles. The van der Waals surface area contributed by atoms with E-state index in [2.05, 4.69) is 52.9 Å². The van der Waals surface area contributed by atoms with Crippen LogP contribution in [0.1, 0.15) is 24.1 Å². The highest BCUT2D eigenvalue weighted by atomic mass is 79.9. The molecule has 0 bridgehead atoms. The third kappa shape index (κ3) is 2.77. The second-order valence-electron chi connectivity index (χ2n) is 4.74. The Bertz CT molecular complexity index is 399. The summed E-state index contributed by atoms with van der Waals surface area (Å²) in [7, 11) is 0. The molecule has 2 unspecified atom stereocenters. The minimum atomic E-state index is 0.0812. The Hall–Kier alpha value is -0.420. The van der Waals surface area contributed by atoms with E-state index in [1.165, 1.54) is 11.1 Å². The second-order valence-corrected chi connectivity index (χ2v) is 5.60. The number of likely N-dealkylation sites (N-methyl/N-ethyl adjacent to an activating group) is 1. The minimum Gasteiger partial charge on any atom is -0.374 e. The number of benzene rings is 1. The van der Waals surface area contributed by atoms with Gasteiger partial charge in [-0.25, -0.2) is 0 Å². The predicted octanol–water partition coefficient (Wildman–Crippen LogP) is 2.48. The Morgan fingerprint density at radius 3 is 2.89 bits per heavy atom. The van der Waals surface area contributed by atoms with Crippen LogP contribution in [-0.2, 0) is 4.74 Å². The van der Waals surface area contributed by atoms with Crippen molar-refractivity contribution in [2.45, 2.75) is 26.0 Å². The largest absolute Gasteiger partial charge is 0.374 e. The summed E-state index contributed by atoms with van der Waals surface area (Å²) in [5, 5.41) is 0. The van der Waals surface area contributed by atoms with E-state index in [-0.39, 0.29) is 12.1 Å². The number of hydrogen-bond acceptors (Lipinski definition) is 3. The van der Waals surface area contributed by atoms with E-state index in [0.717, 1.165) is 24.2 Å². The zero-order chi connectivity index (χ0) is 13.1. The Labute approximate surface area is 117 Å². The van der Waals surface area contributed by atoms with Crippen molar-refractivity contribution in [3.05, 3.63) is 33.8 Å². The molecule has 2 rings (SSSR count). The standard InChI is InChI=1S/C14H21BrN2O/c1-3-17-6-7-18-13(9-16)14(17)11-5-4-10(2)8-12(11)15/h4-5,8,13-14H,3,6-7,9,16H2,1-2H3. The normalized spacial score (nSPS) is 25.3. The Kier molecular flexibility index (Phi) is 4.78. The van der Waals surface area contributed by atoms with Crippen molar-refractivity contribution in [3.63, 3.8) is 0 Å². The first-order chi connectivity index (χ1) is 8.67. The van der Waals surface area contributed by atoms with Gasteiger partial charge in [-0.2, -0.15) is 0 Å². The van der Waals surface area contributed by atoms with Crippen molar-refractivity contribution in [1.82, 2.24) is 4.90 Å². The van der Waals surface area contributed by atoms with Crippen LogP contribution in [0.2, 0.25) is 0 Å². The van der Waals surface area contributed by atoms with E-state index in [0.29, 0.717) is 6.54 Å². The summed E-state index contributed by atoms with van der Waals surface area (Å²) >= 11 is 3.67. The van der Waals surface area contributed by atoms with Gasteiger partial charge in [-0.15, -0.1) is 0 Å². The van der Waals surface area contributed by atoms with E-state index < -0.39 is 0 Å². The van der Waals surface area contributed by atoms with E-state index in [9.17, 15) is 0 Å². The smallest absolute Gasteiger partial charge is 0.0894 e. The highest BCUT2D eigenvalue weighted by Gasteiger charge is 2.32. The summed E-state index contributed by atoms with van der Waals surface area (Å²) in [6.07, 6.45) is 0.0812. The Balaban J connectivity index is 2.36. The van der Waals surface area contributed by atoms with Gasteiger partial charge in [0.15, 0.2) is 0 Å². The maximum Gasteiger partial charge on any atom is 0.0894 e. The molecule has 18 heavy (non-hydrogen) atoms. The zero-order valence-electron chi connectivity index (χ0n) is 11.0. The second kappa shape index (κ2) is 6.15. The summed E-state index contributed by atoms with van der Waals surface area (Å²) in [6, 6.07) is 6.75. The van der Waals surface area contributed by atoms with Crippen molar-refractivity contribution in [1.29, 1.82) is 0 Å². The van der Waals surface area contributed by atoms with Crippen molar-refractivity contribution in [2.24, 2.45) is 5.73 Å². The van der Waals surface area contributed by atoms with Crippen LogP contribution in [0.25, 0.3) is 0 Å². The van der Waals surface area contributed by atoms with Crippen LogP contribution >= 0.6 is 15.9 Å². The number of halogens is 1. The number of nitrogens with two attached hydrogens (primary N) is 1. The fraction of sp³-hybridized carbons (Fsp3) is 0.571. The van der Waals surface area contributed by atoms with Gasteiger partial charge in [0, 0.05) is 17.6 Å². The molecule has 1 fully saturated rings. The maximum absolute atomic E-state index is 5.86. The van der Waals surface area contributed by atoms with Gasteiger partial charge < -0.3 is 10.5 Å². The molecule has 2 N–H and O–H groups in total. The van der Waals surface area contributed by atoms with E-state index >= 15 is 0 Å². The van der Waals surface area contributed by atoms with Crippen LogP contribution in [0.5, 0.6) is 0 Å². The average molecular weight is 313 g/mol. The van der Waals surface area contributed by atoms with Gasteiger partial charge in [-0.3, -0.25) is 4.90 Å². The molecular weight excluding hydrogens is 292 g/mol. The van der Waals surface area contributed by atoms with Crippen molar-refractivity contribution < 1.29 is 4.74 Å². The molecule has 0 amide bonds. The van der Waals surface area contributed by atoms with Gasteiger partial charge in [0.05, 0.1) is 18.8 Å². The molecule has 100 valence electrons. The van der Waals surface area contributed by atoms with Crippen LogP contribution in [-0.4, -0.2) is 37.2 Å². The highest BCUT2D eigenvalue weighted by molar-refractivity contribution is 9.10. The SMILES string of the molecule is CCN1CCOC(CN)C1c1ccc(C)cc1Br. The Morgan fingerprint density at radius 2 is 2.28 bits per heavy atom. The molecule has 0 aromatic heterocycles. The fourth-order valence-electron chi connectivity index (χ4n) is 2.61. The van der Waals surface area contributed by atoms with Crippen LogP contribution in [0.3, 0.4) is 0 Å². The van der Waals surface area contributed by atoms with Crippen LogP contribution < -0.4 is 5.73 Å². The van der Waals surface area contributed by atoms with Crippen molar-refractivity contribution >= 4 is 15.9 Å². The molecule has 1 aromatic carbocycles. The Morgan fingerprint density at radius 1 is 1.50 bits per heavy atom. The van der Waals surface area contributed by atoms with Gasteiger partial charge >= 0.3 is 0 Å². The van der Waals surface area contributed by atoms with E-state index in [4.69, 9.17) is 10.5 Å². The predicted molar refractivity (Wildman–Crippen MR) is 77.7 cm³/mol. The quantitative estimate of drug-likeness (QED) is 0.932. The van der Waals surface area contributed by atoms with Gasteiger partial charge in [-0.1, -0.05) is 35.0 Å². The molecule has 1 aliphatic heterocycles. The topological polar surface area (TPSA) is 38.5 Å². The van der Waals surface area contributed by atoms with E-state index in [1.807, 2.05) is 0 Å². The molecule has 0 saturated carbocycles. The molecule has 3 nitrogen and oxygen atoms in total. The van der Waals surface area contributed by atoms with Crippen molar-refractivity contribution in [3.8, 4) is 0 Å². The lowest BCUT2D eigenvalue weighted by atomic mass is 9.97. The monoisotopic (exact) mass is 312 g/mol. The number of hydrogen-bond donors (Lipinski definition) is 1. The number of aryl methyl sites for hydroxylation is 1. The summed E-state index contributed by atoms with van der Waals surface area (Å²) in [5.41, 5.74) is 8.40. The van der Waals surface area contributed by atoms with Crippen LogP contribution in [0.15, 0.2) is 22.7 Å². The number of rotatable bonds is 3. The maximum atomic E-state index is 5.86. The van der Waals surface area contributed by atoms with Crippen molar-refractivity contribution in [2.75, 3.05) is 26.2 Å². The molecule has 0 radical (unpaired) electrons. The number of ether oxygens (including phenoxy) is 1. The minimum absolute atomic E-state index is 0.0812. The van der Waals surface area contributed by atoms with Gasteiger partial charge in [0.25, 0.3) is 0 Å². The third-order valence-corrected chi connectivity index (χ3v) is 4.26. The molecule has 1 saturated heterocycles. The first-order valence-electron chi connectivity index (χ1n) is 6.49. The first kappa shape index (κ1) is 14.0. The summed E-state index contributed by atoms with van der Waals surface area (Å²) in [6.45, 7) is 7.61. The molecular formula is C14H21BrN2O. The molecule has 1 aliphatic rings. The molecule has 0 aliphatic carbocycles. The van der Waals surface area contributed by atoms with Crippen LogP contribution in [0.4, 0.5) is 0 Å². The lowest BCUT2D eigenvalue weighted by Gasteiger charge is -2.41. The lowest BCUT2D eigenvalue weighted by molar-refractivity contribution is -0.0660. The van der Waals surface area contributed by atoms with Gasteiger partial charge in [-0.05, 0) is 30.7 Å². The first-order valence-corrected chi connectivity index (χ1v) is 7.28. The average Bonchev–Trinajstić information content (AvgIpc) is 2.38. The number of nitrogens with zero attached hydrogens (tertiary/aromatic N) is 1. The van der Waals surface area contributed by atoms with Gasteiger partial charge in [0.1, 0.15) is 0 Å².